The Kier molecular flexibility index (Phi) is 5.63. The van der Waals surface area contributed by atoms with Gasteiger partial charge in [0.25, 0.3) is 0 Å². The van der Waals surface area contributed by atoms with Crippen LogP contribution in [0, 0.1) is 0 Å². The highest BCUT2D eigenvalue weighted by atomic mass is 15.0. The van der Waals surface area contributed by atoms with Crippen LogP contribution in [0.4, 0.5) is 0 Å². The van der Waals surface area contributed by atoms with Crippen molar-refractivity contribution in [3.05, 3.63) is 185 Å². The fraction of sp³-hybridized carbons (Fsp3) is 0.0667. The minimum absolute atomic E-state index is 0.438. The largest absolute Gasteiger partial charge is 0.309 e. The molecule has 3 heteroatoms. The summed E-state index contributed by atoms with van der Waals surface area (Å²) >= 11 is 0. The zero-order valence-corrected chi connectivity index (χ0v) is 26.8. The molecule has 0 saturated carbocycles. The van der Waals surface area contributed by atoms with E-state index in [1.54, 1.807) is 0 Å². The first-order valence-corrected chi connectivity index (χ1v) is 16.6. The first kappa shape index (κ1) is 27.1. The van der Waals surface area contributed by atoms with Gasteiger partial charge in [-0.25, -0.2) is 9.97 Å². The van der Waals surface area contributed by atoms with Crippen molar-refractivity contribution in [2.45, 2.75) is 19.3 Å². The molecule has 1 aliphatic carbocycles. The maximum Gasteiger partial charge on any atom is 0.160 e. The van der Waals surface area contributed by atoms with E-state index in [9.17, 15) is 0 Å². The third-order valence-electron chi connectivity index (χ3n) is 10.6. The quantitative estimate of drug-likeness (QED) is 0.198. The van der Waals surface area contributed by atoms with E-state index < -0.39 is 5.41 Å². The minimum Gasteiger partial charge on any atom is -0.309 e. The zero-order valence-electron chi connectivity index (χ0n) is 26.8. The predicted octanol–water partition coefficient (Wildman–Crippen LogP) is 10.9. The summed E-state index contributed by atoms with van der Waals surface area (Å²) in [7, 11) is 0. The van der Waals surface area contributed by atoms with Crippen molar-refractivity contribution in [2.24, 2.45) is 0 Å². The van der Waals surface area contributed by atoms with Crippen LogP contribution in [0.5, 0.6) is 0 Å². The molecule has 2 aliphatic rings. The number of para-hydroxylation sites is 4. The fourth-order valence-corrected chi connectivity index (χ4v) is 8.61. The average Bonchev–Trinajstić information content (AvgIpc) is 3.61. The molecule has 2 aromatic heterocycles. The van der Waals surface area contributed by atoms with E-state index >= 15 is 0 Å². The van der Waals surface area contributed by atoms with Crippen LogP contribution >= 0.6 is 0 Å². The summed E-state index contributed by atoms with van der Waals surface area (Å²) in [4.78, 5) is 10.2. The van der Waals surface area contributed by atoms with Crippen LogP contribution in [0.2, 0.25) is 0 Å². The Morgan fingerprint density at radius 2 is 1.27 bits per heavy atom. The summed E-state index contributed by atoms with van der Waals surface area (Å²) in [5, 5.41) is 3.64. The Morgan fingerprint density at radius 3 is 2.15 bits per heavy atom. The molecule has 3 nitrogen and oxygen atoms in total. The molecule has 10 rings (SSSR count). The van der Waals surface area contributed by atoms with E-state index in [0.717, 1.165) is 33.6 Å². The molecular weight excluding hydrogens is 583 g/mol. The molecule has 226 valence electrons. The number of fused-ring (bicyclic) bond motifs is 10. The van der Waals surface area contributed by atoms with E-state index in [1.165, 1.54) is 60.9 Å². The number of benzene rings is 6. The van der Waals surface area contributed by atoms with Gasteiger partial charge >= 0.3 is 0 Å². The summed E-state index contributed by atoms with van der Waals surface area (Å²) in [5.74, 6) is 0.742. The highest BCUT2D eigenvalue weighted by Gasteiger charge is 2.50. The van der Waals surface area contributed by atoms with Crippen LogP contribution in [0.1, 0.15) is 41.8 Å². The highest BCUT2D eigenvalue weighted by molar-refractivity contribution is 6.13. The van der Waals surface area contributed by atoms with Gasteiger partial charge < -0.3 is 4.57 Å². The lowest BCUT2D eigenvalue weighted by Gasteiger charge is -2.40. The average molecular weight is 614 g/mol. The Labute approximate surface area is 279 Å². The lowest BCUT2D eigenvalue weighted by atomic mass is 9.65. The normalized spacial score (nSPS) is 16.7. The van der Waals surface area contributed by atoms with Crippen LogP contribution in [-0.4, -0.2) is 14.5 Å². The van der Waals surface area contributed by atoms with Gasteiger partial charge in [0.2, 0.25) is 0 Å². The molecule has 3 heterocycles. The number of nitrogens with zero attached hydrogens (tertiary/aromatic N) is 3. The second kappa shape index (κ2) is 9.97. The van der Waals surface area contributed by atoms with Crippen molar-refractivity contribution in [2.75, 3.05) is 0 Å². The lowest BCUT2D eigenvalue weighted by molar-refractivity contribution is 0.726. The van der Waals surface area contributed by atoms with Gasteiger partial charge in [0.1, 0.15) is 0 Å². The molecule has 1 atom stereocenters. The van der Waals surface area contributed by atoms with Crippen LogP contribution < -0.4 is 0 Å². The fourth-order valence-electron chi connectivity index (χ4n) is 8.61. The third kappa shape index (κ3) is 3.48. The molecule has 0 saturated heterocycles. The Morgan fingerprint density at radius 1 is 0.604 bits per heavy atom. The second-order valence-electron chi connectivity index (χ2n) is 13.0. The monoisotopic (exact) mass is 613 g/mol. The molecule has 8 aromatic rings. The first-order valence-electron chi connectivity index (χ1n) is 16.6. The molecule has 0 N–H and O–H groups in total. The Hall–Kier alpha value is -6.06. The summed E-state index contributed by atoms with van der Waals surface area (Å²) in [6.45, 7) is 4.55. The molecule has 6 aromatic carbocycles. The van der Waals surface area contributed by atoms with Gasteiger partial charge in [-0.1, -0.05) is 127 Å². The Balaban J connectivity index is 1.28. The second-order valence-corrected chi connectivity index (χ2v) is 13.0. The van der Waals surface area contributed by atoms with E-state index in [1.807, 2.05) is 18.2 Å². The molecular formula is C45H31N3. The van der Waals surface area contributed by atoms with Gasteiger partial charge in [0.05, 0.1) is 33.3 Å². The van der Waals surface area contributed by atoms with Gasteiger partial charge in [-0.3, -0.25) is 0 Å². The number of rotatable bonds is 3. The molecule has 0 fully saturated rings. The van der Waals surface area contributed by atoms with Crippen LogP contribution in [0.15, 0.2) is 157 Å². The van der Waals surface area contributed by atoms with Crippen molar-refractivity contribution in [1.29, 1.82) is 0 Å². The molecule has 1 unspecified atom stereocenters. The summed E-state index contributed by atoms with van der Waals surface area (Å²) in [6.07, 6.45) is 2.37. The van der Waals surface area contributed by atoms with E-state index in [-0.39, 0.29) is 0 Å². The summed E-state index contributed by atoms with van der Waals surface area (Å²) in [5.41, 5.74) is 15.2. The van der Waals surface area contributed by atoms with Gasteiger partial charge in [0, 0.05) is 21.7 Å². The van der Waals surface area contributed by atoms with Crippen molar-refractivity contribution in [3.63, 3.8) is 0 Å². The maximum atomic E-state index is 5.21. The smallest absolute Gasteiger partial charge is 0.160 e. The van der Waals surface area contributed by atoms with Gasteiger partial charge in [-0.2, -0.15) is 0 Å². The maximum absolute atomic E-state index is 5.21. The minimum atomic E-state index is -0.438. The van der Waals surface area contributed by atoms with Gasteiger partial charge in [0.15, 0.2) is 5.82 Å². The zero-order chi connectivity index (χ0) is 32.0. The van der Waals surface area contributed by atoms with Crippen molar-refractivity contribution >= 4 is 43.9 Å². The van der Waals surface area contributed by atoms with Gasteiger partial charge in [-0.15, -0.1) is 0 Å². The molecule has 1 spiro atoms. The number of aromatic nitrogens is 3. The predicted molar refractivity (Wildman–Crippen MR) is 198 cm³/mol. The molecule has 48 heavy (non-hydrogen) atoms. The summed E-state index contributed by atoms with van der Waals surface area (Å²) in [6, 6.07) is 52.4. The molecule has 1 aliphatic heterocycles. The standard InChI is InChI=1S/C45H31N3/c1-28(42-34-19-7-11-24-39(34)46-44(47-42)30-15-4-3-5-16-30)27-35-29(2)45(36-21-9-6-17-31(35)36)37-22-10-13-26-41(37)48-40-25-12-8-18-32(40)33-20-14-23-38(45)43(33)48/h3-27H,1-2H3/b28-27+. The van der Waals surface area contributed by atoms with Crippen LogP contribution in [0.3, 0.4) is 0 Å². The number of hydrogen-bond acceptors (Lipinski definition) is 2. The Bertz CT molecular complexity index is 2690. The highest BCUT2D eigenvalue weighted by Crippen LogP contribution is 2.60. The first-order chi connectivity index (χ1) is 23.7. The van der Waals surface area contributed by atoms with Crippen LogP contribution in [0.25, 0.3) is 60.9 Å². The van der Waals surface area contributed by atoms with Gasteiger partial charge in [-0.05, 0) is 77.1 Å². The number of hydrogen-bond donors (Lipinski definition) is 0. The molecule has 0 radical (unpaired) electrons. The SMILES string of the molecule is CC1=C(/C=C(\C)c2nc(-c3ccccc3)nc3ccccc23)c2ccccc2C12c1ccccc1-n1c3ccccc3c3cccc2c31. The molecule has 0 amide bonds. The number of allylic oxidation sites excluding steroid dienone is 4. The van der Waals surface area contributed by atoms with Crippen molar-refractivity contribution in [3.8, 4) is 17.1 Å². The molecule has 0 bridgehead atoms. The third-order valence-corrected chi connectivity index (χ3v) is 10.6. The van der Waals surface area contributed by atoms with Crippen molar-refractivity contribution < 1.29 is 0 Å². The van der Waals surface area contributed by atoms with Crippen LogP contribution in [-0.2, 0) is 5.41 Å². The van der Waals surface area contributed by atoms with Crippen molar-refractivity contribution in [1.82, 2.24) is 14.5 Å². The summed E-state index contributed by atoms with van der Waals surface area (Å²) < 4.78 is 2.49. The topological polar surface area (TPSA) is 30.7 Å². The van der Waals surface area contributed by atoms with E-state index in [4.69, 9.17) is 9.97 Å². The lowest BCUT2D eigenvalue weighted by Crippen LogP contribution is -2.33. The van der Waals surface area contributed by atoms with E-state index in [0.29, 0.717) is 0 Å². The van der Waals surface area contributed by atoms with E-state index in [2.05, 4.69) is 152 Å².